The molecule has 0 aliphatic heterocycles. The Balaban J connectivity index is 2.48. The smallest absolute Gasteiger partial charge is 0.0724 e. The number of carboxylic acids is 2. The first-order valence-electron chi connectivity index (χ1n) is 5.68. The molecule has 4 heteroatoms. The molecule has 0 fully saturated rings. The lowest BCUT2D eigenvalue weighted by Crippen LogP contribution is -2.31. The molecule has 0 saturated carbocycles. The highest BCUT2D eigenvalue weighted by molar-refractivity contribution is 6.01. The van der Waals surface area contributed by atoms with Crippen LogP contribution in [0, 0.1) is 0 Å². The van der Waals surface area contributed by atoms with Crippen LogP contribution in [-0.4, -0.2) is 11.9 Å². The summed E-state index contributed by atoms with van der Waals surface area (Å²) in [5.74, 6) is -3.03. The minimum absolute atomic E-state index is 0.314. The van der Waals surface area contributed by atoms with Gasteiger partial charge in [-0.2, -0.15) is 0 Å². The quantitative estimate of drug-likeness (QED) is 0.769. The van der Waals surface area contributed by atoms with Crippen molar-refractivity contribution in [2.24, 2.45) is 0 Å². The molecular formula is C15H10O4-2. The molecule has 19 heavy (non-hydrogen) atoms. The van der Waals surface area contributed by atoms with Gasteiger partial charge in [0.05, 0.1) is 11.9 Å². The highest BCUT2D eigenvalue weighted by Crippen LogP contribution is 2.17. The first-order chi connectivity index (χ1) is 9.09. The van der Waals surface area contributed by atoms with Gasteiger partial charge in [0.2, 0.25) is 0 Å². The van der Waals surface area contributed by atoms with Gasteiger partial charge in [0.15, 0.2) is 0 Å². The SMILES string of the molecule is O=C([O-])c1cccc(Cc2ccccc2)c1C(=O)[O-]. The monoisotopic (exact) mass is 254 g/mol. The summed E-state index contributed by atoms with van der Waals surface area (Å²) in [7, 11) is 0. The highest BCUT2D eigenvalue weighted by atomic mass is 16.4. The largest absolute Gasteiger partial charge is 0.545 e. The van der Waals surface area contributed by atoms with Gasteiger partial charge >= 0.3 is 0 Å². The standard InChI is InChI=1S/C15H12O4/c16-14(17)12-8-4-7-11(13(12)15(18)19)9-10-5-2-1-3-6-10/h1-8H,9H2,(H,16,17)(H,18,19)/p-2. The van der Waals surface area contributed by atoms with Crippen LogP contribution >= 0.6 is 0 Å². The summed E-state index contributed by atoms with van der Waals surface area (Å²) in [4.78, 5) is 22.1. The third-order valence-corrected chi connectivity index (χ3v) is 2.81. The lowest BCUT2D eigenvalue weighted by molar-refractivity contribution is -0.259. The van der Waals surface area contributed by atoms with E-state index in [0.29, 0.717) is 12.0 Å². The minimum Gasteiger partial charge on any atom is -0.545 e. The number of carbonyl (C=O) groups is 2. The summed E-state index contributed by atoms with van der Waals surface area (Å²) < 4.78 is 0. The number of hydrogen-bond donors (Lipinski definition) is 0. The van der Waals surface area contributed by atoms with Crippen LogP contribution < -0.4 is 10.2 Å². The molecule has 0 bridgehead atoms. The number of hydrogen-bond acceptors (Lipinski definition) is 4. The summed E-state index contributed by atoms with van der Waals surface area (Å²) in [6.45, 7) is 0. The van der Waals surface area contributed by atoms with Crippen molar-refractivity contribution in [3.8, 4) is 0 Å². The van der Waals surface area contributed by atoms with Crippen molar-refractivity contribution in [2.45, 2.75) is 6.42 Å². The molecule has 0 spiro atoms. The molecule has 0 unspecified atom stereocenters. The number of aromatic carboxylic acids is 2. The second-order valence-corrected chi connectivity index (χ2v) is 4.08. The van der Waals surface area contributed by atoms with E-state index in [2.05, 4.69) is 0 Å². The number of carboxylic acid groups (broad SMARTS) is 2. The van der Waals surface area contributed by atoms with E-state index >= 15 is 0 Å². The van der Waals surface area contributed by atoms with Crippen LogP contribution in [0.4, 0.5) is 0 Å². The third kappa shape index (κ3) is 2.80. The van der Waals surface area contributed by atoms with Crippen LogP contribution in [0.2, 0.25) is 0 Å². The maximum absolute atomic E-state index is 11.1. The second kappa shape index (κ2) is 5.35. The van der Waals surface area contributed by atoms with Gasteiger partial charge in [-0.1, -0.05) is 48.5 Å². The third-order valence-electron chi connectivity index (χ3n) is 2.81. The maximum Gasteiger partial charge on any atom is 0.0724 e. The molecule has 0 aromatic heterocycles. The van der Waals surface area contributed by atoms with Gasteiger partial charge < -0.3 is 19.8 Å². The van der Waals surface area contributed by atoms with Crippen molar-refractivity contribution >= 4 is 11.9 Å². The predicted octanol–water partition coefficient (Wildman–Crippen LogP) is 0.00440. The topological polar surface area (TPSA) is 80.3 Å². The number of benzene rings is 2. The summed E-state index contributed by atoms with van der Waals surface area (Å²) in [6, 6.07) is 13.5. The zero-order chi connectivity index (χ0) is 13.8. The van der Waals surface area contributed by atoms with E-state index in [0.717, 1.165) is 5.56 Å². The first-order valence-corrected chi connectivity index (χ1v) is 5.68. The summed E-state index contributed by atoms with van der Waals surface area (Å²) >= 11 is 0. The van der Waals surface area contributed by atoms with Crippen molar-refractivity contribution in [3.63, 3.8) is 0 Å². The number of rotatable bonds is 4. The first kappa shape index (κ1) is 12.8. The summed E-state index contributed by atoms with van der Waals surface area (Å²) in [5, 5.41) is 22.1. The Labute approximate surface area is 109 Å². The van der Waals surface area contributed by atoms with E-state index in [1.165, 1.54) is 12.1 Å². The molecule has 0 N–H and O–H groups in total. The lowest BCUT2D eigenvalue weighted by Gasteiger charge is -2.16. The van der Waals surface area contributed by atoms with Gasteiger partial charge in [-0.25, -0.2) is 0 Å². The van der Waals surface area contributed by atoms with E-state index < -0.39 is 11.9 Å². The van der Waals surface area contributed by atoms with Crippen LogP contribution in [0.3, 0.4) is 0 Å². The van der Waals surface area contributed by atoms with Gasteiger partial charge in [-0.3, -0.25) is 0 Å². The predicted molar refractivity (Wildman–Crippen MR) is 64.4 cm³/mol. The minimum atomic E-state index is -1.52. The molecule has 0 amide bonds. The van der Waals surface area contributed by atoms with E-state index in [1.807, 2.05) is 30.3 Å². The Morgan fingerprint density at radius 1 is 0.842 bits per heavy atom. The lowest BCUT2D eigenvalue weighted by atomic mass is 9.96. The molecule has 0 aliphatic carbocycles. The molecule has 96 valence electrons. The molecule has 0 saturated heterocycles. The van der Waals surface area contributed by atoms with Crippen LogP contribution in [0.15, 0.2) is 48.5 Å². The van der Waals surface area contributed by atoms with Crippen LogP contribution in [0.1, 0.15) is 31.8 Å². The summed E-state index contributed by atoms with van der Waals surface area (Å²) in [6.07, 6.45) is 0.325. The van der Waals surface area contributed by atoms with Gasteiger partial charge in [0.25, 0.3) is 0 Å². The normalized spacial score (nSPS) is 10.1. The second-order valence-electron chi connectivity index (χ2n) is 4.08. The zero-order valence-corrected chi connectivity index (χ0v) is 9.96. The number of carbonyl (C=O) groups excluding carboxylic acids is 2. The maximum atomic E-state index is 11.1. The molecule has 2 aromatic rings. The van der Waals surface area contributed by atoms with Crippen molar-refractivity contribution < 1.29 is 19.8 Å². The average Bonchev–Trinajstić information content (AvgIpc) is 2.39. The molecule has 2 rings (SSSR count). The van der Waals surface area contributed by atoms with E-state index in [1.54, 1.807) is 6.07 Å². The fraction of sp³-hybridized carbons (Fsp3) is 0.0667. The van der Waals surface area contributed by atoms with E-state index in [4.69, 9.17) is 0 Å². The van der Waals surface area contributed by atoms with Crippen LogP contribution in [-0.2, 0) is 6.42 Å². The zero-order valence-electron chi connectivity index (χ0n) is 9.96. The Morgan fingerprint density at radius 2 is 1.53 bits per heavy atom. The Bertz CT molecular complexity index is 617. The molecule has 0 atom stereocenters. The van der Waals surface area contributed by atoms with Crippen molar-refractivity contribution in [1.82, 2.24) is 0 Å². The molecular weight excluding hydrogens is 244 g/mol. The Kier molecular flexibility index (Phi) is 3.61. The van der Waals surface area contributed by atoms with Crippen molar-refractivity contribution in [2.75, 3.05) is 0 Å². The molecule has 2 aromatic carbocycles. The van der Waals surface area contributed by atoms with Crippen LogP contribution in [0.25, 0.3) is 0 Å². The average molecular weight is 254 g/mol. The fourth-order valence-corrected chi connectivity index (χ4v) is 1.97. The van der Waals surface area contributed by atoms with E-state index in [-0.39, 0.29) is 11.1 Å². The Morgan fingerprint density at radius 3 is 2.11 bits per heavy atom. The van der Waals surface area contributed by atoms with Crippen molar-refractivity contribution in [1.29, 1.82) is 0 Å². The molecule has 0 radical (unpaired) electrons. The molecule has 0 heterocycles. The summed E-state index contributed by atoms with van der Waals surface area (Å²) in [5.41, 5.74) is 0.619. The van der Waals surface area contributed by atoms with Crippen LogP contribution in [0.5, 0.6) is 0 Å². The van der Waals surface area contributed by atoms with Gasteiger partial charge in [-0.15, -0.1) is 0 Å². The van der Waals surface area contributed by atoms with Gasteiger partial charge in [0.1, 0.15) is 0 Å². The van der Waals surface area contributed by atoms with Gasteiger partial charge in [0, 0.05) is 11.1 Å². The highest BCUT2D eigenvalue weighted by Gasteiger charge is 2.10. The fourth-order valence-electron chi connectivity index (χ4n) is 1.97. The van der Waals surface area contributed by atoms with E-state index in [9.17, 15) is 19.8 Å². The van der Waals surface area contributed by atoms with Crippen molar-refractivity contribution in [3.05, 3.63) is 70.8 Å². The Hall–Kier alpha value is -2.62. The molecule has 4 nitrogen and oxygen atoms in total. The van der Waals surface area contributed by atoms with Gasteiger partial charge in [-0.05, 0) is 17.5 Å². The molecule has 0 aliphatic rings.